The summed E-state index contributed by atoms with van der Waals surface area (Å²) in [5.74, 6) is 2.76. The summed E-state index contributed by atoms with van der Waals surface area (Å²) >= 11 is 6.51. The monoisotopic (exact) mass is 984 g/mol. The van der Waals surface area contributed by atoms with Gasteiger partial charge < -0.3 is 14.2 Å². The molecule has 1 aliphatic rings. The van der Waals surface area contributed by atoms with Crippen LogP contribution in [0.3, 0.4) is 0 Å². The number of rotatable bonds is 16. The van der Waals surface area contributed by atoms with Gasteiger partial charge in [-0.1, -0.05) is 72.6 Å². The van der Waals surface area contributed by atoms with Gasteiger partial charge in [0.15, 0.2) is 6.10 Å². The zero-order chi connectivity index (χ0) is 35.1. The number of ether oxygens (including phenoxy) is 3. The van der Waals surface area contributed by atoms with Crippen LogP contribution in [0.5, 0.6) is 11.5 Å². The molecule has 0 spiro atoms. The van der Waals surface area contributed by atoms with Crippen molar-refractivity contribution < 1.29 is 23.8 Å². The van der Waals surface area contributed by atoms with Crippen LogP contribution in [0.15, 0.2) is 12.1 Å². The van der Waals surface area contributed by atoms with E-state index >= 15 is 0 Å². The molecule has 4 atom stereocenters. The van der Waals surface area contributed by atoms with Gasteiger partial charge in [-0.2, -0.15) is 0 Å². The van der Waals surface area contributed by atoms with Crippen molar-refractivity contribution in [1.29, 1.82) is 0 Å². The maximum Gasteiger partial charge on any atom is 0.352 e. The molecule has 0 aromatic heterocycles. The van der Waals surface area contributed by atoms with Crippen molar-refractivity contribution in [2.45, 2.75) is 145 Å². The van der Waals surface area contributed by atoms with Crippen LogP contribution in [0, 0.1) is 49.2 Å². The van der Waals surface area contributed by atoms with Gasteiger partial charge in [0, 0.05) is 16.3 Å². The molecule has 1 aliphatic heterocycles. The lowest BCUT2D eigenvalue weighted by atomic mass is 9.83. The quantitative estimate of drug-likeness (QED) is 0.0726. The molecule has 0 bridgehead atoms. The molecule has 47 heavy (non-hydrogen) atoms. The lowest BCUT2D eigenvalue weighted by Crippen LogP contribution is -2.37. The van der Waals surface area contributed by atoms with E-state index in [9.17, 15) is 9.59 Å². The van der Waals surface area contributed by atoms with E-state index in [4.69, 9.17) is 14.2 Å². The Bertz CT molecular complexity index is 1400. The first-order valence-electron chi connectivity index (χ1n) is 17.4. The predicted molar refractivity (Wildman–Crippen MR) is 218 cm³/mol. The van der Waals surface area contributed by atoms with Crippen molar-refractivity contribution in [3.05, 3.63) is 50.7 Å². The Morgan fingerprint density at radius 2 is 1.45 bits per heavy atom. The number of esters is 2. The van der Waals surface area contributed by atoms with Gasteiger partial charge in [-0.05, 0) is 175 Å². The molecule has 1 heterocycles. The number of carbonyl (C=O) groups excluding carboxylic acids is 2. The van der Waals surface area contributed by atoms with Gasteiger partial charge in [-0.3, -0.25) is 0 Å². The Hall–Kier alpha value is -0.630. The van der Waals surface area contributed by atoms with E-state index in [0.29, 0.717) is 11.3 Å². The molecular weight excluding hydrogens is 929 g/mol. The van der Waals surface area contributed by atoms with E-state index in [-0.39, 0.29) is 5.60 Å². The first-order chi connectivity index (χ1) is 22.0. The number of benzene rings is 2. The van der Waals surface area contributed by atoms with Gasteiger partial charge in [-0.15, -0.1) is 0 Å². The summed E-state index contributed by atoms with van der Waals surface area (Å²) in [4.78, 5) is 26.1. The van der Waals surface area contributed by atoms with E-state index in [2.05, 4.69) is 102 Å². The first-order valence-corrected chi connectivity index (χ1v) is 20.6. The fraction of sp³-hybridized carbons (Fsp3) is 0.641. The second-order valence-electron chi connectivity index (χ2n) is 14.6. The maximum absolute atomic E-state index is 13.2. The molecule has 0 fully saturated rings. The number of carbonyl (C=O) groups is 2. The summed E-state index contributed by atoms with van der Waals surface area (Å²) < 4.78 is 21.0. The van der Waals surface area contributed by atoms with Gasteiger partial charge in [0.05, 0.1) is 5.56 Å². The van der Waals surface area contributed by atoms with E-state index in [1.54, 1.807) is 13.0 Å². The smallest absolute Gasteiger partial charge is 0.352 e. The summed E-state index contributed by atoms with van der Waals surface area (Å²) in [6.45, 7) is 19.3. The number of hydrogen-bond acceptors (Lipinski definition) is 5. The molecule has 2 aromatic rings. The van der Waals surface area contributed by atoms with E-state index in [0.717, 1.165) is 75.7 Å². The molecule has 8 heteroatoms. The van der Waals surface area contributed by atoms with Crippen LogP contribution in [0.1, 0.15) is 138 Å². The highest BCUT2D eigenvalue weighted by atomic mass is 127. The Balaban J connectivity index is 1.56. The van der Waals surface area contributed by atoms with Crippen molar-refractivity contribution in [2.24, 2.45) is 17.8 Å². The first kappa shape index (κ1) is 40.8. The average Bonchev–Trinajstić information content (AvgIpc) is 2.99. The molecule has 0 aliphatic carbocycles. The second kappa shape index (κ2) is 18.6. The normalized spacial score (nSPS) is 17.9. The number of hydrogen-bond donors (Lipinski definition) is 0. The second-order valence-corrected chi connectivity index (χ2v) is 18.1. The highest BCUT2D eigenvalue weighted by Gasteiger charge is 2.35. The zero-order valence-electron chi connectivity index (χ0n) is 29.9. The van der Waals surface area contributed by atoms with Crippen LogP contribution in [0.4, 0.5) is 0 Å². The predicted octanol–water partition coefficient (Wildman–Crippen LogP) is 12.1. The minimum Gasteiger partial charge on any atom is -0.487 e. The van der Waals surface area contributed by atoms with Gasteiger partial charge >= 0.3 is 11.9 Å². The Labute approximate surface area is 325 Å². The van der Waals surface area contributed by atoms with E-state index in [1.807, 2.05) is 26.8 Å². The zero-order valence-corrected chi connectivity index (χ0v) is 36.4. The van der Waals surface area contributed by atoms with Crippen molar-refractivity contribution in [2.75, 3.05) is 0 Å². The average molecular weight is 985 g/mol. The van der Waals surface area contributed by atoms with E-state index < -0.39 is 18.0 Å². The molecule has 0 saturated heterocycles. The lowest BCUT2D eigenvalue weighted by Gasteiger charge is -2.38. The summed E-state index contributed by atoms with van der Waals surface area (Å²) in [7, 11) is 0. The fourth-order valence-corrected chi connectivity index (χ4v) is 8.95. The van der Waals surface area contributed by atoms with E-state index in [1.165, 1.54) is 51.4 Å². The molecule has 0 amide bonds. The standard InChI is InChI=1S/C39H55I3O5/c1-23(2)13-10-14-24(3)15-11-16-25(4)17-12-19-39(9)20-18-31-28(7)35(26(5)27(6)36(31)47-39)46-37(43)29(8)45-38(44)32-21-30(40)22-33(41)34(32)42/h21-25,29H,10-20H2,1-9H3. The number of fused-ring (bicyclic) bond motifs is 1. The third kappa shape index (κ3) is 11.7. The van der Waals surface area contributed by atoms with Gasteiger partial charge in [-0.25, -0.2) is 9.59 Å². The topological polar surface area (TPSA) is 61.8 Å². The minimum absolute atomic E-state index is 0.202. The third-order valence-electron chi connectivity index (χ3n) is 9.87. The van der Waals surface area contributed by atoms with Gasteiger partial charge in [0.1, 0.15) is 17.1 Å². The van der Waals surface area contributed by atoms with Crippen molar-refractivity contribution in [1.82, 2.24) is 0 Å². The molecule has 0 radical (unpaired) electrons. The summed E-state index contributed by atoms with van der Waals surface area (Å²) in [6.07, 6.45) is 12.3. The lowest BCUT2D eigenvalue weighted by molar-refractivity contribution is -0.143. The SMILES string of the molecule is Cc1c(C)c2c(c(C)c1OC(=O)C(C)OC(=O)c1cc(I)cc(I)c1I)CCC(C)(CCCC(C)CCCC(C)CCCC(C)C)O2. The summed E-state index contributed by atoms with van der Waals surface area (Å²) in [6, 6.07) is 3.77. The molecular formula is C39H55I3O5. The Kier molecular flexibility index (Phi) is 16.1. The fourth-order valence-electron chi connectivity index (χ4n) is 6.57. The summed E-state index contributed by atoms with van der Waals surface area (Å²) in [5.41, 5.74) is 4.16. The van der Waals surface area contributed by atoms with Gasteiger partial charge in [0.2, 0.25) is 0 Å². The molecule has 5 nitrogen and oxygen atoms in total. The van der Waals surface area contributed by atoms with Crippen LogP contribution < -0.4 is 9.47 Å². The highest BCUT2D eigenvalue weighted by molar-refractivity contribution is 14.1. The Morgan fingerprint density at radius 1 is 0.851 bits per heavy atom. The van der Waals surface area contributed by atoms with Crippen LogP contribution in [0.25, 0.3) is 0 Å². The number of halogens is 3. The van der Waals surface area contributed by atoms with Crippen LogP contribution >= 0.6 is 67.8 Å². The third-order valence-corrected chi connectivity index (χ3v) is 13.5. The van der Waals surface area contributed by atoms with Crippen LogP contribution in [-0.2, 0) is 16.0 Å². The molecule has 262 valence electrons. The molecule has 0 saturated carbocycles. The summed E-state index contributed by atoms with van der Waals surface area (Å²) in [5, 5.41) is 0. The van der Waals surface area contributed by atoms with Gasteiger partial charge in [0.25, 0.3) is 0 Å². The molecule has 0 N–H and O–H groups in total. The van der Waals surface area contributed by atoms with Crippen molar-refractivity contribution in [3.8, 4) is 11.5 Å². The largest absolute Gasteiger partial charge is 0.487 e. The Morgan fingerprint density at radius 3 is 2.06 bits per heavy atom. The maximum atomic E-state index is 13.2. The minimum atomic E-state index is -1.05. The molecule has 2 aromatic carbocycles. The highest BCUT2D eigenvalue weighted by Crippen LogP contribution is 2.45. The van der Waals surface area contributed by atoms with Crippen molar-refractivity contribution >= 4 is 79.7 Å². The van der Waals surface area contributed by atoms with Crippen LogP contribution in [-0.4, -0.2) is 23.6 Å². The van der Waals surface area contributed by atoms with Crippen molar-refractivity contribution in [3.63, 3.8) is 0 Å². The van der Waals surface area contributed by atoms with Crippen LogP contribution in [0.2, 0.25) is 0 Å². The molecule has 4 unspecified atom stereocenters. The molecule has 3 rings (SSSR count).